The van der Waals surface area contributed by atoms with Crippen LogP contribution in [0.4, 0.5) is 0 Å². The third kappa shape index (κ3) is 1.85. The minimum Gasteiger partial charge on any atom is -0.293 e. The topological polar surface area (TPSA) is 17.1 Å². The summed E-state index contributed by atoms with van der Waals surface area (Å²) < 4.78 is 0. The van der Waals surface area contributed by atoms with Gasteiger partial charge in [0.05, 0.1) is 5.41 Å². The second kappa shape index (κ2) is 4.25. The van der Waals surface area contributed by atoms with E-state index in [9.17, 15) is 4.79 Å². The molecular weight excluding hydrogens is 244 g/mol. The number of benzene rings is 2. The van der Waals surface area contributed by atoms with Crippen molar-refractivity contribution in [3.05, 3.63) is 70.7 Å². The Morgan fingerprint density at radius 2 is 1.72 bits per heavy atom. The molecule has 2 aromatic rings. The predicted octanol–water partition coefficient (Wildman–Crippen LogP) is 4.25. The number of Topliss-reactive ketones (excluding diaryl/α,β-unsaturated/α-hetero) is 1. The number of ketones is 1. The molecule has 90 valence electrons. The summed E-state index contributed by atoms with van der Waals surface area (Å²) in [6.07, 6.45) is 1.87. The lowest BCUT2D eigenvalue weighted by atomic mass is 9.87. The van der Waals surface area contributed by atoms with Crippen LogP contribution in [0.1, 0.15) is 28.8 Å². The first-order valence-electron chi connectivity index (χ1n) is 6.08. The first-order valence-corrected chi connectivity index (χ1v) is 6.46. The van der Waals surface area contributed by atoms with Crippen molar-refractivity contribution in [2.24, 2.45) is 0 Å². The molecule has 1 aliphatic rings. The van der Waals surface area contributed by atoms with Gasteiger partial charge in [-0.05, 0) is 30.5 Å². The Labute approximate surface area is 111 Å². The van der Waals surface area contributed by atoms with E-state index in [1.807, 2.05) is 42.5 Å². The van der Waals surface area contributed by atoms with Crippen molar-refractivity contribution in [2.75, 3.05) is 0 Å². The van der Waals surface area contributed by atoms with Crippen molar-refractivity contribution in [3.8, 4) is 0 Å². The molecule has 0 N–H and O–H groups in total. The molecule has 1 aliphatic carbocycles. The number of halogens is 1. The van der Waals surface area contributed by atoms with Gasteiger partial charge in [-0.15, -0.1) is 0 Å². The highest BCUT2D eigenvalue weighted by atomic mass is 35.5. The van der Waals surface area contributed by atoms with Gasteiger partial charge in [0.25, 0.3) is 0 Å². The molecule has 0 radical (unpaired) electrons. The zero-order valence-electron chi connectivity index (χ0n) is 9.90. The number of hydrogen-bond acceptors (Lipinski definition) is 1. The highest BCUT2D eigenvalue weighted by Crippen LogP contribution is 2.50. The van der Waals surface area contributed by atoms with Gasteiger partial charge in [-0.25, -0.2) is 0 Å². The lowest BCUT2D eigenvalue weighted by Crippen LogP contribution is -2.20. The van der Waals surface area contributed by atoms with E-state index in [0.717, 1.165) is 18.4 Å². The number of carbonyl (C=O) groups excluding carboxylic acids is 1. The Bertz CT molecular complexity index is 585. The van der Waals surface area contributed by atoms with Crippen molar-refractivity contribution < 1.29 is 4.79 Å². The molecule has 0 saturated heterocycles. The molecule has 0 bridgehead atoms. The summed E-state index contributed by atoms with van der Waals surface area (Å²) in [5, 5.41) is 0.615. The maximum Gasteiger partial charge on any atom is 0.173 e. The third-order valence-corrected chi connectivity index (χ3v) is 3.83. The summed E-state index contributed by atoms with van der Waals surface area (Å²) >= 11 is 5.95. The Morgan fingerprint density at radius 1 is 1.00 bits per heavy atom. The fraction of sp³-hybridized carbons (Fsp3) is 0.188. The molecule has 0 heterocycles. The quantitative estimate of drug-likeness (QED) is 0.750. The summed E-state index contributed by atoms with van der Waals surface area (Å²) in [7, 11) is 0. The fourth-order valence-electron chi connectivity index (χ4n) is 2.44. The van der Waals surface area contributed by atoms with Gasteiger partial charge in [0.2, 0.25) is 0 Å². The summed E-state index contributed by atoms with van der Waals surface area (Å²) in [4.78, 5) is 12.6. The van der Waals surface area contributed by atoms with Crippen molar-refractivity contribution in [2.45, 2.75) is 18.3 Å². The second-order valence-electron chi connectivity index (χ2n) is 4.79. The van der Waals surface area contributed by atoms with Crippen LogP contribution in [0, 0.1) is 0 Å². The molecule has 0 spiro atoms. The monoisotopic (exact) mass is 256 g/mol. The van der Waals surface area contributed by atoms with Gasteiger partial charge in [-0.1, -0.05) is 54.1 Å². The van der Waals surface area contributed by atoms with Gasteiger partial charge in [-0.3, -0.25) is 4.79 Å². The van der Waals surface area contributed by atoms with E-state index >= 15 is 0 Å². The van der Waals surface area contributed by atoms with Crippen molar-refractivity contribution >= 4 is 17.4 Å². The number of carbonyl (C=O) groups is 1. The smallest absolute Gasteiger partial charge is 0.173 e. The standard InChI is InChI=1S/C16H13ClO/c17-14-8-4-5-12(11-14)15(18)16(9-10-16)13-6-2-1-3-7-13/h1-8,11H,9-10H2. The second-order valence-corrected chi connectivity index (χ2v) is 5.22. The molecule has 2 heteroatoms. The van der Waals surface area contributed by atoms with Crippen LogP contribution in [-0.2, 0) is 5.41 Å². The Morgan fingerprint density at radius 3 is 2.33 bits per heavy atom. The van der Waals surface area contributed by atoms with Gasteiger partial charge in [0, 0.05) is 10.6 Å². The van der Waals surface area contributed by atoms with Gasteiger partial charge >= 0.3 is 0 Å². The van der Waals surface area contributed by atoms with Gasteiger partial charge in [0.1, 0.15) is 0 Å². The minimum atomic E-state index is -0.300. The van der Waals surface area contributed by atoms with E-state index in [-0.39, 0.29) is 11.2 Å². The van der Waals surface area contributed by atoms with E-state index in [4.69, 9.17) is 11.6 Å². The number of hydrogen-bond donors (Lipinski definition) is 0. The van der Waals surface area contributed by atoms with Crippen molar-refractivity contribution in [3.63, 3.8) is 0 Å². The molecule has 0 atom stereocenters. The maximum absolute atomic E-state index is 12.6. The first-order chi connectivity index (χ1) is 8.72. The zero-order valence-corrected chi connectivity index (χ0v) is 10.7. The molecule has 18 heavy (non-hydrogen) atoms. The Hall–Kier alpha value is -1.60. The van der Waals surface area contributed by atoms with E-state index in [1.165, 1.54) is 0 Å². The molecule has 1 nitrogen and oxygen atoms in total. The lowest BCUT2D eigenvalue weighted by molar-refractivity contribution is 0.0946. The van der Waals surface area contributed by atoms with Crippen LogP contribution < -0.4 is 0 Å². The summed E-state index contributed by atoms with van der Waals surface area (Å²) in [6.45, 7) is 0. The van der Waals surface area contributed by atoms with Crippen molar-refractivity contribution in [1.82, 2.24) is 0 Å². The molecule has 0 aliphatic heterocycles. The normalized spacial score (nSPS) is 16.3. The van der Waals surface area contributed by atoms with Crippen LogP contribution in [0.25, 0.3) is 0 Å². The summed E-state index contributed by atoms with van der Waals surface area (Å²) in [6, 6.07) is 17.2. The lowest BCUT2D eigenvalue weighted by Gasteiger charge is -2.14. The predicted molar refractivity (Wildman–Crippen MR) is 73.1 cm³/mol. The van der Waals surface area contributed by atoms with E-state index in [1.54, 1.807) is 12.1 Å². The van der Waals surface area contributed by atoms with Crippen LogP contribution in [0.2, 0.25) is 5.02 Å². The molecule has 0 amide bonds. The zero-order chi connectivity index (χ0) is 12.6. The van der Waals surface area contributed by atoms with E-state index < -0.39 is 0 Å². The van der Waals surface area contributed by atoms with E-state index in [0.29, 0.717) is 10.6 Å². The van der Waals surface area contributed by atoms with Crippen molar-refractivity contribution in [1.29, 1.82) is 0 Å². The third-order valence-electron chi connectivity index (χ3n) is 3.60. The molecule has 3 rings (SSSR count). The minimum absolute atomic E-state index is 0.191. The summed E-state index contributed by atoms with van der Waals surface area (Å²) in [5.41, 5.74) is 1.53. The number of rotatable bonds is 3. The average Bonchev–Trinajstić information content (AvgIpc) is 3.20. The van der Waals surface area contributed by atoms with Gasteiger partial charge in [-0.2, -0.15) is 0 Å². The van der Waals surface area contributed by atoms with Crippen LogP contribution in [-0.4, -0.2) is 5.78 Å². The molecular formula is C16H13ClO. The fourth-order valence-corrected chi connectivity index (χ4v) is 2.63. The molecule has 1 fully saturated rings. The van der Waals surface area contributed by atoms with Crippen LogP contribution >= 0.6 is 11.6 Å². The molecule has 1 saturated carbocycles. The molecule has 2 aromatic carbocycles. The largest absolute Gasteiger partial charge is 0.293 e. The van der Waals surface area contributed by atoms with Crippen LogP contribution in [0.15, 0.2) is 54.6 Å². The molecule has 0 unspecified atom stereocenters. The maximum atomic E-state index is 12.6. The van der Waals surface area contributed by atoms with Crippen LogP contribution in [0.5, 0.6) is 0 Å². The first kappa shape index (κ1) is 11.5. The van der Waals surface area contributed by atoms with E-state index in [2.05, 4.69) is 0 Å². The highest BCUT2D eigenvalue weighted by molar-refractivity contribution is 6.31. The summed E-state index contributed by atoms with van der Waals surface area (Å²) in [5.74, 6) is 0.191. The van der Waals surface area contributed by atoms with Gasteiger partial charge < -0.3 is 0 Å². The van der Waals surface area contributed by atoms with Gasteiger partial charge in [0.15, 0.2) is 5.78 Å². The SMILES string of the molecule is O=C(c1cccc(Cl)c1)C1(c2ccccc2)CC1. The Kier molecular flexibility index (Phi) is 2.71. The average molecular weight is 257 g/mol. The van der Waals surface area contributed by atoms with Crippen LogP contribution in [0.3, 0.4) is 0 Å². The Balaban J connectivity index is 1.98. The molecule has 0 aromatic heterocycles. The highest BCUT2D eigenvalue weighted by Gasteiger charge is 2.50.